The van der Waals surface area contributed by atoms with Crippen LogP contribution in [0.4, 0.5) is 0 Å². The molecular weight excluding hydrogens is 274 g/mol. The summed E-state index contributed by atoms with van der Waals surface area (Å²) in [6.07, 6.45) is 1.77. The van der Waals surface area contributed by atoms with E-state index in [1.54, 1.807) is 22.4 Å². The zero-order chi connectivity index (χ0) is 15.3. The summed E-state index contributed by atoms with van der Waals surface area (Å²) in [7, 11) is 1.79. The van der Waals surface area contributed by atoms with Crippen molar-refractivity contribution in [2.45, 2.75) is 6.92 Å². The summed E-state index contributed by atoms with van der Waals surface area (Å²) in [6.45, 7) is 2.05. The van der Waals surface area contributed by atoms with E-state index < -0.39 is 0 Å². The molecule has 0 N–H and O–H groups in total. The van der Waals surface area contributed by atoms with Crippen molar-refractivity contribution < 1.29 is 0 Å². The van der Waals surface area contributed by atoms with Crippen LogP contribution in [0.3, 0.4) is 0 Å². The average Bonchev–Trinajstić information content (AvgIpc) is 2.80. The highest BCUT2D eigenvalue weighted by Crippen LogP contribution is 2.25. The molecule has 0 aliphatic rings. The van der Waals surface area contributed by atoms with E-state index in [1.807, 2.05) is 49.4 Å². The Labute approximate surface area is 127 Å². The summed E-state index contributed by atoms with van der Waals surface area (Å²) in [5.74, 6) is 0. The number of pyridine rings is 1. The van der Waals surface area contributed by atoms with E-state index in [2.05, 4.69) is 11.1 Å². The fraction of sp³-hybridized carbons (Fsp3) is 0.111. The lowest BCUT2D eigenvalue weighted by atomic mass is 10.1. The highest BCUT2D eigenvalue weighted by Gasteiger charge is 2.15. The fourth-order valence-electron chi connectivity index (χ4n) is 2.93. The van der Waals surface area contributed by atoms with E-state index in [0.29, 0.717) is 0 Å². The summed E-state index contributed by atoms with van der Waals surface area (Å²) < 4.78 is 3.41. The maximum atomic E-state index is 12.7. The van der Waals surface area contributed by atoms with E-state index >= 15 is 0 Å². The predicted octanol–water partition coefficient (Wildman–Crippen LogP) is 3.19. The van der Waals surface area contributed by atoms with Gasteiger partial charge in [-0.05, 0) is 31.2 Å². The van der Waals surface area contributed by atoms with Crippen LogP contribution in [0.5, 0.6) is 0 Å². The second-order valence-electron chi connectivity index (χ2n) is 5.53. The van der Waals surface area contributed by atoms with Crippen LogP contribution in [0, 0.1) is 6.92 Å². The molecule has 2 heterocycles. The summed E-state index contributed by atoms with van der Waals surface area (Å²) >= 11 is 0. The van der Waals surface area contributed by atoms with Crippen LogP contribution in [0.25, 0.3) is 27.6 Å². The largest absolute Gasteiger partial charge is 0.333 e. The van der Waals surface area contributed by atoms with E-state index in [-0.39, 0.29) is 5.69 Å². The third-order valence-corrected chi connectivity index (χ3v) is 4.05. The minimum atomic E-state index is -0.0583. The van der Waals surface area contributed by atoms with Crippen molar-refractivity contribution in [3.63, 3.8) is 0 Å². The van der Waals surface area contributed by atoms with Gasteiger partial charge >= 0.3 is 5.69 Å². The first-order valence-electron chi connectivity index (χ1n) is 7.19. The predicted molar refractivity (Wildman–Crippen MR) is 88.6 cm³/mol. The van der Waals surface area contributed by atoms with Crippen LogP contribution in [-0.2, 0) is 7.05 Å². The van der Waals surface area contributed by atoms with Gasteiger partial charge in [-0.2, -0.15) is 0 Å². The normalized spacial score (nSPS) is 11.4. The highest BCUT2D eigenvalue weighted by molar-refractivity contribution is 6.03. The van der Waals surface area contributed by atoms with E-state index in [1.165, 1.54) is 0 Å². The highest BCUT2D eigenvalue weighted by atomic mass is 16.1. The van der Waals surface area contributed by atoms with Gasteiger partial charge in [0, 0.05) is 12.4 Å². The standard InChI is InChI=1S/C18H15N3O/c1-12-8-9-15-14(10-12)17-16(11-19-15)20(2)18(22)21(17)13-6-4-3-5-7-13/h3-11H,1-2H3. The summed E-state index contributed by atoms with van der Waals surface area (Å²) in [6, 6.07) is 15.8. The number of rotatable bonds is 1. The molecule has 4 heteroatoms. The Hall–Kier alpha value is -2.88. The Kier molecular flexibility index (Phi) is 2.66. The van der Waals surface area contributed by atoms with Crippen LogP contribution in [0.15, 0.2) is 59.5 Å². The molecule has 0 unspecified atom stereocenters. The molecule has 108 valence electrons. The average molecular weight is 289 g/mol. The van der Waals surface area contributed by atoms with Gasteiger partial charge in [-0.25, -0.2) is 4.79 Å². The first-order valence-corrected chi connectivity index (χ1v) is 7.19. The van der Waals surface area contributed by atoms with E-state index in [9.17, 15) is 4.79 Å². The SMILES string of the molecule is Cc1ccc2ncc3c(c2c1)n(-c1ccccc1)c(=O)n3C. The first-order chi connectivity index (χ1) is 10.7. The molecule has 0 fully saturated rings. The lowest BCUT2D eigenvalue weighted by Crippen LogP contribution is -2.20. The van der Waals surface area contributed by atoms with Crippen molar-refractivity contribution in [2.24, 2.45) is 7.05 Å². The van der Waals surface area contributed by atoms with Crippen LogP contribution >= 0.6 is 0 Å². The van der Waals surface area contributed by atoms with Crippen molar-refractivity contribution in [3.8, 4) is 5.69 Å². The number of aromatic nitrogens is 3. The molecule has 0 spiro atoms. The Morgan fingerprint density at radius 1 is 1.05 bits per heavy atom. The molecule has 2 aromatic carbocycles. The molecule has 0 radical (unpaired) electrons. The molecule has 0 bridgehead atoms. The summed E-state index contributed by atoms with van der Waals surface area (Å²) in [4.78, 5) is 17.2. The van der Waals surface area contributed by atoms with Crippen molar-refractivity contribution >= 4 is 21.9 Å². The van der Waals surface area contributed by atoms with E-state index in [4.69, 9.17) is 0 Å². The molecule has 0 aliphatic heterocycles. The number of fused-ring (bicyclic) bond motifs is 3. The van der Waals surface area contributed by atoms with Gasteiger partial charge in [0.2, 0.25) is 0 Å². The smallest absolute Gasteiger partial charge is 0.293 e. The van der Waals surface area contributed by atoms with Crippen LogP contribution in [0.2, 0.25) is 0 Å². The molecule has 22 heavy (non-hydrogen) atoms. The second kappa shape index (κ2) is 4.56. The van der Waals surface area contributed by atoms with Gasteiger partial charge in [-0.3, -0.25) is 14.1 Å². The minimum Gasteiger partial charge on any atom is -0.293 e. The van der Waals surface area contributed by atoms with Crippen LogP contribution in [0.1, 0.15) is 5.56 Å². The van der Waals surface area contributed by atoms with Gasteiger partial charge in [0.25, 0.3) is 0 Å². The molecule has 0 saturated heterocycles. The van der Waals surface area contributed by atoms with Crippen LogP contribution < -0.4 is 5.69 Å². The molecule has 4 nitrogen and oxygen atoms in total. The zero-order valence-corrected chi connectivity index (χ0v) is 12.4. The summed E-state index contributed by atoms with van der Waals surface area (Å²) in [5.41, 5.74) is 4.61. The van der Waals surface area contributed by atoms with Gasteiger partial charge in [0.1, 0.15) is 0 Å². The second-order valence-corrected chi connectivity index (χ2v) is 5.53. The first kappa shape index (κ1) is 12.8. The topological polar surface area (TPSA) is 39.8 Å². The molecule has 2 aromatic heterocycles. The van der Waals surface area contributed by atoms with Crippen LogP contribution in [-0.4, -0.2) is 14.1 Å². The summed E-state index contributed by atoms with van der Waals surface area (Å²) in [5, 5.41) is 0.999. The van der Waals surface area contributed by atoms with Gasteiger partial charge in [0.15, 0.2) is 0 Å². The van der Waals surface area contributed by atoms with Gasteiger partial charge < -0.3 is 0 Å². The number of hydrogen-bond donors (Lipinski definition) is 0. The Morgan fingerprint density at radius 3 is 2.59 bits per heavy atom. The number of aryl methyl sites for hydroxylation is 2. The Morgan fingerprint density at radius 2 is 1.82 bits per heavy atom. The van der Waals surface area contributed by atoms with Crippen molar-refractivity contribution in [3.05, 3.63) is 70.8 Å². The van der Waals surface area contributed by atoms with Crippen molar-refractivity contribution in [2.75, 3.05) is 0 Å². The van der Waals surface area contributed by atoms with Crippen molar-refractivity contribution in [1.29, 1.82) is 0 Å². The maximum absolute atomic E-state index is 12.7. The lowest BCUT2D eigenvalue weighted by Gasteiger charge is -2.06. The number of nitrogens with zero attached hydrogens (tertiary/aromatic N) is 3. The third kappa shape index (κ3) is 1.70. The van der Waals surface area contributed by atoms with E-state index in [0.717, 1.165) is 33.2 Å². The zero-order valence-electron chi connectivity index (χ0n) is 12.4. The lowest BCUT2D eigenvalue weighted by molar-refractivity contribution is 0.846. The molecule has 4 rings (SSSR count). The van der Waals surface area contributed by atoms with Gasteiger partial charge in [0.05, 0.1) is 28.4 Å². The molecule has 0 amide bonds. The third-order valence-electron chi connectivity index (χ3n) is 4.05. The molecule has 4 aromatic rings. The van der Waals surface area contributed by atoms with Gasteiger partial charge in [-0.1, -0.05) is 29.8 Å². The number of imidazole rings is 1. The molecule has 0 aliphatic carbocycles. The minimum absolute atomic E-state index is 0.0583. The molecule has 0 saturated carbocycles. The molecule has 0 atom stereocenters. The number of para-hydroxylation sites is 1. The number of benzene rings is 2. The number of hydrogen-bond acceptors (Lipinski definition) is 2. The maximum Gasteiger partial charge on any atom is 0.333 e. The fourth-order valence-corrected chi connectivity index (χ4v) is 2.93. The molecular formula is C18H15N3O. The Balaban J connectivity index is 2.27. The quantitative estimate of drug-likeness (QED) is 0.540. The monoisotopic (exact) mass is 289 g/mol. The van der Waals surface area contributed by atoms with Crippen molar-refractivity contribution in [1.82, 2.24) is 14.1 Å². The Bertz CT molecular complexity index is 1060. The van der Waals surface area contributed by atoms with Gasteiger partial charge in [-0.15, -0.1) is 0 Å².